The third-order valence-electron chi connectivity index (χ3n) is 5.43. The second kappa shape index (κ2) is 7.05. The Hall–Kier alpha value is -2.44. The van der Waals surface area contributed by atoms with Crippen LogP contribution in [0.3, 0.4) is 0 Å². The first-order chi connectivity index (χ1) is 12.3. The van der Waals surface area contributed by atoms with Crippen molar-refractivity contribution in [3.63, 3.8) is 0 Å². The maximum absolute atomic E-state index is 12.9. The number of carbonyl (C=O) groups is 1. The summed E-state index contributed by atoms with van der Waals surface area (Å²) in [5.74, 6) is -0.201. The molecule has 140 valence electrons. The summed E-state index contributed by atoms with van der Waals surface area (Å²) in [6.07, 6.45) is 5.40. The van der Waals surface area contributed by atoms with Gasteiger partial charge in [-0.25, -0.2) is 9.78 Å². The van der Waals surface area contributed by atoms with E-state index in [9.17, 15) is 14.4 Å². The van der Waals surface area contributed by atoms with E-state index in [1.807, 2.05) is 19.9 Å². The molecule has 0 aromatic carbocycles. The minimum Gasteiger partial charge on any atom is -0.341 e. The molecule has 2 aromatic rings. The van der Waals surface area contributed by atoms with Crippen molar-refractivity contribution in [3.05, 3.63) is 38.2 Å². The number of likely N-dealkylation sites (N-methyl/N-ethyl adjacent to an activating group) is 1. The standard InChI is InChI=1S/C19H26N4O3/c1-12-10-13(2)20-17-16(12)18(25)23(19(26)22(17)4)11-15(24)21(3)14-8-6-5-7-9-14/h10,14H,5-9,11H2,1-4H3. The summed E-state index contributed by atoms with van der Waals surface area (Å²) in [5, 5.41) is 0.394. The van der Waals surface area contributed by atoms with Crippen LogP contribution in [0.2, 0.25) is 0 Å². The molecule has 0 radical (unpaired) electrons. The summed E-state index contributed by atoms with van der Waals surface area (Å²) < 4.78 is 2.39. The molecule has 26 heavy (non-hydrogen) atoms. The maximum atomic E-state index is 12.9. The zero-order valence-corrected chi connectivity index (χ0v) is 15.9. The predicted octanol–water partition coefficient (Wildman–Crippen LogP) is 1.50. The highest BCUT2D eigenvalue weighted by Crippen LogP contribution is 2.21. The first kappa shape index (κ1) is 18.4. The molecule has 0 aliphatic heterocycles. The van der Waals surface area contributed by atoms with E-state index in [4.69, 9.17) is 0 Å². The Morgan fingerprint density at radius 3 is 2.54 bits per heavy atom. The first-order valence-electron chi connectivity index (χ1n) is 9.14. The monoisotopic (exact) mass is 358 g/mol. The Kier molecular flexibility index (Phi) is 4.98. The molecule has 1 aliphatic rings. The van der Waals surface area contributed by atoms with Crippen molar-refractivity contribution in [1.82, 2.24) is 19.0 Å². The van der Waals surface area contributed by atoms with Gasteiger partial charge in [-0.15, -0.1) is 0 Å². The van der Waals surface area contributed by atoms with E-state index in [1.54, 1.807) is 19.0 Å². The first-order valence-corrected chi connectivity index (χ1v) is 9.14. The number of pyridine rings is 1. The van der Waals surface area contributed by atoms with E-state index in [0.717, 1.165) is 41.5 Å². The van der Waals surface area contributed by atoms with E-state index in [-0.39, 0.29) is 18.5 Å². The number of carbonyl (C=O) groups excluding carboxylic acids is 1. The van der Waals surface area contributed by atoms with Crippen molar-refractivity contribution in [3.8, 4) is 0 Å². The Morgan fingerprint density at radius 1 is 1.23 bits per heavy atom. The van der Waals surface area contributed by atoms with Gasteiger partial charge in [-0.05, 0) is 38.3 Å². The molecule has 0 atom stereocenters. The van der Waals surface area contributed by atoms with Gasteiger partial charge >= 0.3 is 5.69 Å². The quantitative estimate of drug-likeness (QED) is 0.833. The van der Waals surface area contributed by atoms with Crippen molar-refractivity contribution in [1.29, 1.82) is 0 Å². The molecule has 1 fully saturated rings. The number of aryl methyl sites for hydroxylation is 3. The molecule has 2 heterocycles. The SMILES string of the molecule is Cc1cc(C)c2c(=O)n(CC(=O)N(C)C3CCCCC3)c(=O)n(C)c2n1. The molecule has 3 rings (SSSR count). The summed E-state index contributed by atoms with van der Waals surface area (Å²) in [7, 11) is 3.35. The lowest BCUT2D eigenvalue weighted by Gasteiger charge is -2.31. The van der Waals surface area contributed by atoms with Gasteiger partial charge in [0, 0.05) is 25.8 Å². The molecule has 0 unspecified atom stereocenters. The minimum atomic E-state index is -0.509. The van der Waals surface area contributed by atoms with Crippen LogP contribution in [0.1, 0.15) is 43.4 Å². The molecule has 1 saturated carbocycles. The van der Waals surface area contributed by atoms with Crippen molar-refractivity contribution in [2.45, 2.75) is 58.5 Å². The average molecular weight is 358 g/mol. The fourth-order valence-corrected chi connectivity index (χ4v) is 3.88. The van der Waals surface area contributed by atoms with E-state index in [0.29, 0.717) is 11.0 Å². The van der Waals surface area contributed by atoms with Crippen molar-refractivity contribution in [2.75, 3.05) is 7.05 Å². The fraction of sp³-hybridized carbons (Fsp3) is 0.579. The highest BCUT2D eigenvalue weighted by molar-refractivity contribution is 5.79. The van der Waals surface area contributed by atoms with Gasteiger partial charge in [0.2, 0.25) is 5.91 Å². The van der Waals surface area contributed by atoms with E-state index >= 15 is 0 Å². The van der Waals surface area contributed by atoms with Crippen LogP contribution in [-0.2, 0) is 18.4 Å². The number of fused-ring (bicyclic) bond motifs is 1. The number of amides is 1. The van der Waals surface area contributed by atoms with Gasteiger partial charge in [0.05, 0.1) is 5.39 Å². The lowest BCUT2D eigenvalue weighted by atomic mass is 9.94. The van der Waals surface area contributed by atoms with Crippen LogP contribution < -0.4 is 11.2 Å². The van der Waals surface area contributed by atoms with Crippen LogP contribution in [0.5, 0.6) is 0 Å². The summed E-state index contributed by atoms with van der Waals surface area (Å²) in [6.45, 7) is 3.41. The van der Waals surface area contributed by atoms with Gasteiger partial charge in [-0.3, -0.25) is 18.7 Å². The Bertz CT molecular complexity index is 967. The van der Waals surface area contributed by atoms with Crippen molar-refractivity contribution >= 4 is 16.9 Å². The number of nitrogens with zero attached hydrogens (tertiary/aromatic N) is 4. The maximum Gasteiger partial charge on any atom is 0.332 e. The Balaban J connectivity index is 2.01. The summed E-state index contributed by atoms with van der Waals surface area (Å²) in [4.78, 5) is 44.3. The predicted molar refractivity (Wildman–Crippen MR) is 100 cm³/mol. The Labute approximate surface area is 152 Å². The molecule has 1 aliphatic carbocycles. The second-order valence-corrected chi connectivity index (χ2v) is 7.31. The lowest BCUT2D eigenvalue weighted by Crippen LogP contribution is -2.46. The molecule has 2 aromatic heterocycles. The third kappa shape index (κ3) is 3.18. The third-order valence-corrected chi connectivity index (χ3v) is 5.43. The molecular weight excluding hydrogens is 332 g/mol. The molecule has 7 heteroatoms. The summed E-state index contributed by atoms with van der Waals surface area (Å²) in [5.41, 5.74) is 0.913. The lowest BCUT2D eigenvalue weighted by molar-refractivity contribution is -0.133. The minimum absolute atomic E-state index is 0.197. The smallest absolute Gasteiger partial charge is 0.332 e. The normalized spacial score (nSPS) is 15.4. The highest BCUT2D eigenvalue weighted by Gasteiger charge is 2.24. The van der Waals surface area contributed by atoms with Crippen molar-refractivity contribution in [2.24, 2.45) is 7.05 Å². The summed E-state index contributed by atoms with van der Waals surface area (Å²) in [6, 6.07) is 2.01. The fourth-order valence-electron chi connectivity index (χ4n) is 3.88. The largest absolute Gasteiger partial charge is 0.341 e. The molecule has 0 spiro atoms. The van der Waals surface area contributed by atoms with E-state index in [2.05, 4.69) is 4.98 Å². The molecule has 0 bridgehead atoms. The molecule has 0 N–H and O–H groups in total. The van der Waals surface area contributed by atoms with E-state index < -0.39 is 11.2 Å². The van der Waals surface area contributed by atoms with Crippen LogP contribution >= 0.6 is 0 Å². The van der Waals surface area contributed by atoms with Crippen LogP contribution in [0.15, 0.2) is 15.7 Å². The molecule has 7 nitrogen and oxygen atoms in total. The van der Waals surface area contributed by atoms with Crippen LogP contribution in [0.4, 0.5) is 0 Å². The van der Waals surface area contributed by atoms with Gasteiger partial charge in [-0.2, -0.15) is 0 Å². The highest BCUT2D eigenvalue weighted by atomic mass is 16.2. The van der Waals surface area contributed by atoms with Gasteiger partial charge in [0.25, 0.3) is 5.56 Å². The van der Waals surface area contributed by atoms with E-state index in [1.165, 1.54) is 11.0 Å². The average Bonchev–Trinajstić information content (AvgIpc) is 2.62. The number of aromatic nitrogens is 3. The number of hydrogen-bond acceptors (Lipinski definition) is 4. The molecule has 0 saturated heterocycles. The number of hydrogen-bond donors (Lipinski definition) is 0. The van der Waals surface area contributed by atoms with Gasteiger partial charge in [-0.1, -0.05) is 19.3 Å². The van der Waals surface area contributed by atoms with Gasteiger partial charge in [0.1, 0.15) is 12.2 Å². The number of rotatable bonds is 3. The van der Waals surface area contributed by atoms with Crippen LogP contribution in [0, 0.1) is 13.8 Å². The van der Waals surface area contributed by atoms with Crippen molar-refractivity contribution < 1.29 is 4.79 Å². The van der Waals surface area contributed by atoms with Gasteiger partial charge < -0.3 is 4.90 Å². The van der Waals surface area contributed by atoms with Crippen LogP contribution in [0.25, 0.3) is 11.0 Å². The molecular formula is C19H26N4O3. The Morgan fingerprint density at radius 2 is 1.88 bits per heavy atom. The topological polar surface area (TPSA) is 77.2 Å². The zero-order chi connectivity index (χ0) is 19.0. The van der Waals surface area contributed by atoms with Crippen LogP contribution in [-0.4, -0.2) is 38.0 Å². The zero-order valence-electron chi connectivity index (χ0n) is 15.9. The van der Waals surface area contributed by atoms with Gasteiger partial charge in [0.15, 0.2) is 0 Å². The summed E-state index contributed by atoms with van der Waals surface area (Å²) >= 11 is 0. The molecule has 1 amide bonds. The second-order valence-electron chi connectivity index (χ2n) is 7.31.